The lowest BCUT2D eigenvalue weighted by molar-refractivity contribution is -0.139. The minimum atomic E-state index is -1.03. The Balaban J connectivity index is 1.86. The number of H-pyrrole nitrogens is 1. The van der Waals surface area contributed by atoms with Gasteiger partial charge < -0.3 is 14.9 Å². The Morgan fingerprint density at radius 1 is 0.971 bits per heavy atom. The van der Waals surface area contributed by atoms with E-state index < -0.39 is 18.5 Å². The largest absolute Gasteiger partial charge is 0.482 e. The summed E-state index contributed by atoms with van der Waals surface area (Å²) < 4.78 is 5.41. The van der Waals surface area contributed by atoms with E-state index in [2.05, 4.69) is 23.2 Å². The maximum absolute atomic E-state index is 10.9. The molecular formula is C28H24N2O5. The molecular weight excluding hydrogens is 444 g/mol. The predicted molar refractivity (Wildman–Crippen MR) is 135 cm³/mol. The van der Waals surface area contributed by atoms with E-state index in [0.29, 0.717) is 12.2 Å². The fourth-order valence-corrected chi connectivity index (χ4v) is 3.99. The number of carboxylic acid groups (broad SMARTS) is 2. The standard InChI is InChI=1S/C28H24N2O5/c1-2-24(20-4-3-5-23(15-20)35-17-27(33)34)28(21-11-12-25-22(14-21)16-29-30-25)19-9-6-18(7-10-19)8-13-26(31)32/h3-16H,2,17H2,1H3,(H,29,30)(H,31,32)(H,33,34)/b13-8+,28-24+. The minimum absolute atomic E-state index is 0.413. The third kappa shape index (κ3) is 5.65. The molecule has 176 valence electrons. The fraction of sp³-hybridized carbons (Fsp3) is 0.107. The molecule has 7 nitrogen and oxygen atoms in total. The number of aromatic amines is 1. The topological polar surface area (TPSA) is 113 Å². The molecule has 0 saturated heterocycles. The molecule has 0 bridgehead atoms. The van der Waals surface area contributed by atoms with Crippen LogP contribution in [0, 0.1) is 0 Å². The van der Waals surface area contributed by atoms with E-state index in [1.54, 1.807) is 18.3 Å². The van der Waals surface area contributed by atoms with Crippen LogP contribution >= 0.6 is 0 Å². The van der Waals surface area contributed by atoms with Gasteiger partial charge in [0.05, 0.1) is 11.7 Å². The van der Waals surface area contributed by atoms with Crippen LogP contribution in [0.25, 0.3) is 28.1 Å². The van der Waals surface area contributed by atoms with Crippen molar-refractivity contribution in [1.29, 1.82) is 0 Å². The van der Waals surface area contributed by atoms with Crippen molar-refractivity contribution in [2.24, 2.45) is 0 Å². The molecule has 0 unspecified atom stereocenters. The number of benzene rings is 3. The van der Waals surface area contributed by atoms with Gasteiger partial charge in [-0.2, -0.15) is 5.10 Å². The SMILES string of the molecule is CC/C(=C(/c1ccc(/C=C/C(=O)O)cc1)c1ccc2[nH]ncc2c1)c1cccc(OCC(=O)O)c1. The highest BCUT2D eigenvalue weighted by atomic mass is 16.5. The smallest absolute Gasteiger partial charge is 0.341 e. The number of hydrogen-bond acceptors (Lipinski definition) is 4. The maximum Gasteiger partial charge on any atom is 0.341 e. The Hall–Kier alpha value is -4.65. The lowest BCUT2D eigenvalue weighted by Gasteiger charge is -2.17. The highest BCUT2D eigenvalue weighted by Crippen LogP contribution is 2.36. The van der Waals surface area contributed by atoms with Gasteiger partial charge in [-0.25, -0.2) is 9.59 Å². The van der Waals surface area contributed by atoms with Gasteiger partial charge in [0, 0.05) is 11.5 Å². The van der Waals surface area contributed by atoms with Gasteiger partial charge in [0.15, 0.2) is 6.61 Å². The molecule has 4 rings (SSSR count). The summed E-state index contributed by atoms with van der Waals surface area (Å²) in [6, 6.07) is 21.2. The Morgan fingerprint density at radius 3 is 2.46 bits per heavy atom. The van der Waals surface area contributed by atoms with Gasteiger partial charge in [-0.3, -0.25) is 5.10 Å². The molecule has 0 amide bonds. The first kappa shape index (κ1) is 23.5. The molecule has 0 aliphatic carbocycles. The number of carboxylic acids is 2. The number of carbonyl (C=O) groups is 2. The molecule has 0 aliphatic rings. The van der Waals surface area contributed by atoms with Gasteiger partial charge in [0.2, 0.25) is 0 Å². The number of aromatic nitrogens is 2. The summed E-state index contributed by atoms with van der Waals surface area (Å²) >= 11 is 0. The van der Waals surface area contributed by atoms with Crippen LogP contribution in [0.3, 0.4) is 0 Å². The number of ether oxygens (including phenoxy) is 1. The van der Waals surface area contributed by atoms with Crippen LogP contribution in [0.5, 0.6) is 5.75 Å². The number of allylic oxidation sites excluding steroid dienone is 1. The highest BCUT2D eigenvalue weighted by Gasteiger charge is 2.15. The molecule has 3 N–H and O–H groups in total. The zero-order valence-corrected chi connectivity index (χ0v) is 19.1. The molecule has 7 heteroatoms. The Bertz CT molecular complexity index is 1430. The molecule has 4 aromatic rings. The average Bonchev–Trinajstić information content (AvgIpc) is 3.33. The molecule has 1 aromatic heterocycles. The lowest BCUT2D eigenvalue weighted by atomic mass is 9.87. The van der Waals surface area contributed by atoms with Crippen molar-refractivity contribution >= 4 is 40.1 Å². The van der Waals surface area contributed by atoms with Crippen LogP contribution in [-0.4, -0.2) is 39.0 Å². The van der Waals surface area contributed by atoms with E-state index in [4.69, 9.17) is 14.9 Å². The van der Waals surface area contributed by atoms with Gasteiger partial charge in [-0.1, -0.05) is 49.4 Å². The van der Waals surface area contributed by atoms with E-state index in [1.807, 2.05) is 54.6 Å². The van der Waals surface area contributed by atoms with Gasteiger partial charge in [0.1, 0.15) is 5.75 Å². The van der Waals surface area contributed by atoms with E-state index in [9.17, 15) is 9.59 Å². The molecule has 1 heterocycles. The average molecular weight is 469 g/mol. The van der Waals surface area contributed by atoms with Crippen molar-refractivity contribution < 1.29 is 24.5 Å². The number of aliphatic carboxylic acids is 2. The third-order valence-electron chi connectivity index (χ3n) is 5.55. The van der Waals surface area contributed by atoms with E-state index in [0.717, 1.165) is 50.4 Å². The van der Waals surface area contributed by atoms with E-state index in [-0.39, 0.29) is 0 Å². The predicted octanol–water partition coefficient (Wildman–Crippen LogP) is 5.49. The molecule has 0 aliphatic heterocycles. The number of nitrogens with one attached hydrogen (secondary N) is 1. The summed E-state index contributed by atoms with van der Waals surface area (Å²) in [6.45, 7) is 1.66. The van der Waals surface area contributed by atoms with Crippen molar-refractivity contribution in [3.8, 4) is 5.75 Å². The zero-order chi connectivity index (χ0) is 24.8. The molecule has 0 atom stereocenters. The maximum atomic E-state index is 10.9. The van der Waals surface area contributed by atoms with E-state index >= 15 is 0 Å². The van der Waals surface area contributed by atoms with Gasteiger partial charge in [-0.05, 0) is 70.2 Å². The van der Waals surface area contributed by atoms with Gasteiger partial charge in [0.25, 0.3) is 0 Å². The van der Waals surface area contributed by atoms with Gasteiger partial charge >= 0.3 is 11.9 Å². The van der Waals surface area contributed by atoms with Gasteiger partial charge in [-0.15, -0.1) is 0 Å². The van der Waals surface area contributed by atoms with Crippen LogP contribution in [0.1, 0.15) is 35.6 Å². The van der Waals surface area contributed by atoms with Crippen molar-refractivity contribution in [1.82, 2.24) is 10.2 Å². The van der Waals surface area contributed by atoms with Crippen molar-refractivity contribution in [3.05, 3.63) is 101 Å². The summed E-state index contributed by atoms with van der Waals surface area (Å²) in [5, 5.41) is 26.0. The second-order valence-electron chi connectivity index (χ2n) is 7.88. The summed E-state index contributed by atoms with van der Waals surface area (Å²) in [5.74, 6) is -1.55. The number of fused-ring (bicyclic) bond motifs is 1. The van der Waals surface area contributed by atoms with Crippen molar-refractivity contribution in [2.45, 2.75) is 13.3 Å². The van der Waals surface area contributed by atoms with Crippen molar-refractivity contribution in [3.63, 3.8) is 0 Å². The number of hydrogen-bond donors (Lipinski definition) is 3. The van der Waals surface area contributed by atoms with Crippen molar-refractivity contribution in [2.75, 3.05) is 6.61 Å². The third-order valence-corrected chi connectivity index (χ3v) is 5.55. The zero-order valence-electron chi connectivity index (χ0n) is 19.1. The first-order valence-corrected chi connectivity index (χ1v) is 11.1. The van der Waals surface area contributed by atoms with Crippen LogP contribution in [0.4, 0.5) is 0 Å². The fourth-order valence-electron chi connectivity index (χ4n) is 3.99. The Morgan fingerprint density at radius 2 is 1.74 bits per heavy atom. The Labute approximate surface area is 202 Å². The summed E-state index contributed by atoms with van der Waals surface area (Å²) in [4.78, 5) is 21.8. The number of nitrogens with zero attached hydrogens (tertiary/aromatic N) is 1. The molecule has 0 spiro atoms. The summed E-state index contributed by atoms with van der Waals surface area (Å²) in [5.41, 5.74) is 6.68. The molecule has 0 fully saturated rings. The van der Waals surface area contributed by atoms with Crippen LogP contribution in [0.15, 0.2) is 79.0 Å². The Kier molecular flexibility index (Phi) is 7.07. The molecule has 3 aromatic carbocycles. The highest BCUT2D eigenvalue weighted by molar-refractivity contribution is 6.00. The summed E-state index contributed by atoms with van der Waals surface area (Å²) in [6.07, 6.45) is 5.15. The minimum Gasteiger partial charge on any atom is -0.482 e. The van der Waals surface area contributed by atoms with Crippen LogP contribution in [0.2, 0.25) is 0 Å². The number of rotatable bonds is 9. The second-order valence-corrected chi connectivity index (χ2v) is 7.88. The first-order chi connectivity index (χ1) is 16.9. The van der Waals surface area contributed by atoms with E-state index in [1.165, 1.54) is 0 Å². The first-order valence-electron chi connectivity index (χ1n) is 11.1. The van der Waals surface area contributed by atoms with Crippen LogP contribution in [-0.2, 0) is 9.59 Å². The lowest BCUT2D eigenvalue weighted by Crippen LogP contribution is -2.09. The van der Waals surface area contributed by atoms with Crippen LogP contribution < -0.4 is 4.74 Å². The molecule has 0 radical (unpaired) electrons. The molecule has 35 heavy (non-hydrogen) atoms. The summed E-state index contributed by atoms with van der Waals surface area (Å²) in [7, 11) is 0. The monoisotopic (exact) mass is 468 g/mol. The molecule has 0 saturated carbocycles. The second kappa shape index (κ2) is 10.5. The quantitative estimate of drug-likeness (QED) is 0.221. The normalized spacial score (nSPS) is 12.0.